The van der Waals surface area contributed by atoms with Gasteiger partial charge >= 0.3 is 0 Å². The summed E-state index contributed by atoms with van der Waals surface area (Å²) in [5.74, 6) is 1.28. The number of carbonyl (C=O) groups excluding carboxylic acids is 1. The minimum atomic E-state index is -0.674. The Balaban J connectivity index is 1.44. The number of ether oxygens (including phenoxy) is 2. The van der Waals surface area contributed by atoms with E-state index < -0.39 is 5.66 Å². The molecule has 0 spiro atoms. The van der Waals surface area contributed by atoms with Crippen molar-refractivity contribution in [3.8, 4) is 11.5 Å². The first-order valence-electron chi connectivity index (χ1n) is 12.3. The first kappa shape index (κ1) is 25.5. The third-order valence-corrected chi connectivity index (χ3v) is 8.08. The Morgan fingerprint density at radius 2 is 1.86 bits per heavy atom. The molecule has 1 fully saturated rings. The van der Waals surface area contributed by atoms with Gasteiger partial charge in [-0.25, -0.2) is 0 Å². The van der Waals surface area contributed by atoms with Gasteiger partial charge in [-0.05, 0) is 54.5 Å². The lowest BCUT2D eigenvalue weighted by Crippen LogP contribution is -2.68. The molecule has 37 heavy (non-hydrogen) atoms. The molecular formula is C30H30Cl2N2O3. The smallest absolute Gasteiger partial charge is 0.223 e. The Morgan fingerprint density at radius 3 is 2.62 bits per heavy atom. The van der Waals surface area contributed by atoms with Crippen molar-refractivity contribution in [1.82, 2.24) is 5.32 Å². The maximum atomic E-state index is 12.7. The lowest BCUT2D eigenvalue weighted by Gasteiger charge is -2.49. The first-order chi connectivity index (χ1) is 17.6. The van der Waals surface area contributed by atoms with E-state index in [9.17, 15) is 4.79 Å². The maximum absolute atomic E-state index is 12.7. The fraction of sp³-hybridized carbons (Fsp3) is 0.300. The van der Waals surface area contributed by atoms with Crippen LogP contribution in [0, 0.1) is 6.92 Å². The minimum Gasteiger partial charge on any atom is -0.493 e. The van der Waals surface area contributed by atoms with Crippen molar-refractivity contribution >= 4 is 40.9 Å². The van der Waals surface area contributed by atoms with Crippen molar-refractivity contribution in [3.63, 3.8) is 0 Å². The monoisotopic (exact) mass is 536 g/mol. The normalized spacial score (nSPS) is 19.9. The van der Waals surface area contributed by atoms with E-state index in [0.29, 0.717) is 34.5 Å². The molecule has 1 atom stereocenters. The number of anilines is 1. The van der Waals surface area contributed by atoms with Crippen molar-refractivity contribution in [2.75, 3.05) is 18.6 Å². The molecule has 0 radical (unpaired) electrons. The predicted octanol–water partition coefficient (Wildman–Crippen LogP) is 6.92. The van der Waals surface area contributed by atoms with Crippen molar-refractivity contribution in [3.05, 3.63) is 93.0 Å². The number of aryl methyl sites for hydroxylation is 1. The summed E-state index contributed by atoms with van der Waals surface area (Å²) in [7, 11) is 1.62. The van der Waals surface area contributed by atoms with Crippen LogP contribution in [-0.4, -0.2) is 25.2 Å². The van der Waals surface area contributed by atoms with Gasteiger partial charge < -0.3 is 19.7 Å². The largest absolute Gasteiger partial charge is 0.493 e. The van der Waals surface area contributed by atoms with E-state index in [-0.39, 0.29) is 17.9 Å². The van der Waals surface area contributed by atoms with Gasteiger partial charge in [0, 0.05) is 39.7 Å². The third kappa shape index (κ3) is 4.45. The quantitative estimate of drug-likeness (QED) is 0.371. The predicted molar refractivity (Wildman–Crippen MR) is 150 cm³/mol. The van der Waals surface area contributed by atoms with Crippen LogP contribution in [0.15, 0.2) is 60.7 Å². The zero-order valence-corrected chi connectivity index (χ0v) is 22.9. The molecule has 0 unspecified atom stereocenters. The van der Waals surface area contributed by atoms with E-state index in [2.05, 4.69) is 55.3 Å². The topological polar surface area (TPSA) is 50.8 Å². The van der Waals surface area contributed by atoms with Crippen LogP contribution in [0.4, 0.5) is 5.69 Å². The zero-order valence-electron chi connectivity index (χ0n) is 21.4. The highest BCUT2D eigenvalue weighted by atomic mass is 35.5. The Labute approximate surface area is 228 Å². The van der Waals surface area contributed by atoms with E-state index in [0.717, 1.165) is 11.1 Å². The number of fused-ring (bicyclic) bond motifs is 3. The van der Waals surface area contributed by atoms with Gasteiger partial charge in [-0.3, -0.25) is 4.79 Å². The van der Waals surface area contributed by atoms with Crippen LogP contribution < -0.4 is 19.7 Å². The molecule has 2 aliphatic rings. The molecule has 2 aliphatic heterocycles. The van der Waals surface area contributed by atoms with Crippen molar-refractivity contribution in [2.24, 2.45) is 0 Å². The summed E-state index contributed by atoms with van der Waals surface area (Å²) in [6.07, 6.45) is 4.63. The van der Waals surface area contributed by atoms with Crippen molar-refractivity contribution in [1.29, 1.82) is 0 Å². The summed E-state index contributed by atoms with van der Waals surface area (Å²) in [6, 6.07) is 17.7. The summed E-state index contributed by atoms with van der Waals surface area (Å²) in [5, 5.41) is 4.47. The Morgan fingerprint density at radius 1 is 1.05 bits per heavy atom. The van der Waals surface area contributed by atoms with Crippen LogP contribution in [0.5, 0.6) is 11.5 Å². The molecular weight excluding hydrogens is 507 g/mol. The fourth-order valence-electron chi connectivity index (χ4n) is 5.39. The summed E-state index contributed by atoms with van der Waals surface area (Å²) in [5.41, 5.74) is 4.37. The molecule has 1 saturated heterocycles. The van der Waals surface area contributed by atoms with E-state index in [1.807, 2.05) is 30.3 Å². The van der Waals surface area contributed by atoms with Crippen LogP contribution >= 0.6 is 23.2 Å². The SMILES string of the molecule is COc1cc(/C=C/[C@]23NC(=O)CCN2c2ccc(C)cc2C3(C)C)ccc1OCc1ccc(Cl)cc1Cl. The summed E-state index contributed by atoms with van der Waals surface area (Å²) in [6.45, 7) is 7.45. The molecule has 1 amide bonds. The van der Waals surface area contributed by atoms with Gasteiger partial charge in [0.05, 0.1) is 7.11 Å². The van der Waals surface area contributed by atoms with E-state index in [1.165, 1.54) is 16.8 Å². The molecule has 1 N–H and O–H groups in total. The molecule has 5 nitrogen and oxygen atoms in total. The van der Waals surface area contributed by atoms with Gasteiger partial charge in [-0.1, -0.05) is 73.0 Å². The van der Waals surface area contributed by atoms with Gasteiger partial charge in [-0.15, -0.1) is 0 Å². The van der Waals surface area contributed by atoms with Gasteiger partial charge in [-0.2, -0.15) is 0 Å². The van der Waals surface area contributed by atoms with Crippen molar-refractivity contribution < 1.29 is 14.3 Å². The number of carbonyl (C=O) groups is 1. The molecule has 0 aromatic heterocycles. The molecule has 3 aromatic rings. The number of hydrogen-bond acceptors (Lipinski definition) is 4. The number of halogens is 2. The number of rotatable bonds is 6. The van der Waals surface area contributed by atoms with Gasteiger partial charge in [0.2, 0.25) is 5.91 Å². The van der Waals surface area contributed by atoms with Crippen LogP contribution in [0.25, 0.3) is 6.08 Å². The summed E-state index contributed by atoms with van der Waals surface area (Å²) >= 11 is 12.3. The molecule has 0 bridgehead atoms. The summed E-state index contributed by atoms with van der Waals surface area (Å²) < 4.78 is 11.6. The van der Waals surface area contributed by atoms with Crippen molar-refractivity contribution in [2.45, 2.75) is 44.9 Å². The van der Waals surface area contributed by atoms with Crippen LogP contribution in [0.3, 0.4) is 0 Å². The standard InChI is InChI=1S/C30H30Cl2N2O3/c1-19-5-9-25-23(15-19)29(2,3)30(33-28(35)12-14-34(25)30)13-11-20-6-10-26(27(16-20)36-4)37-18-21-7-8-22(31)17-24(21)32/h5-11,13,15-17H,12,14,18H2,1-4H3,(H,33,35)/b13-11+/t30-/m0/s1. The van der Waals surface area contributed by atoms with E-state index >= 15 is 0 Å². The fourth-order valence-corrected chi connectivity index (χ4v) is 5.85. The highest BCUT2D eigenvalue weighted by Crippen LogP contribution is 2.52. The average Bonchev–Trinajstić information content (AvgIpc) is 3.05. The third-order valence-electron chi connectivity index (χ3n) is 7.49. The lowest BCUT2D eigenvalue weighted by atomic mass is 9.74. The molecule has 192 valence electrons. The molecule has 0 aliphatic carbocycles. The van der Waals surface area contributed by atoms with Crippen LogP contribution in [0.2, 0.25) is 10.0 Å². The lowest BCUT2D eigenvalue weighted by molar-refractivity contribution is -0.124. The highest BCUT2D eigenvalue weighted by molar-refractivity contribution is 6.35. The first-order valence-corrected chi connectivity index (χ1v) is 13.0. The Kier molecular flexibility index (Phi) is 6.63. The number of amides is 1. The number of benzene rings is 3. The van der Waals surface area contributed by atoms with Crippen LogP contribution in [-0.2, 0) is 16.8 Å². The number of methoxy groups -OCH3 is 1. The zero-order chi connectivity index (χ0) is 26.4. The molecule has 5 rings (SSSR count). The summed E-state index contributed by atoms with van der Waals surface area (Å²) in [4.78, 5) is 15.0. The van der Waals surface area contributed by atoms with Gasteiger partial charge in [0.15, 0.2) is 11.5 Å². The second-order valence-corrected chi connectivity index (χ2v) is 11.0. The Bertz CT molecular complexity index is 1400. The molecule has 0 saturated carbocycles. The second kappa shape index (κ2) is 9.62. The highest BCUT2D eigenvalue weighted by Gasteiger charge is 2.57. The second-order valence-electron chi connectivity index (χ2n) is 10.1. The average molecular weight is 537 g/mol. The number of nitrogens with one attached hydrogen (secondary N) is 1. The van der Waals surface area contributed by atoms with Gasteiger partial charge in [0.1, 0.15) is 12.3 Å². The van der Waals surface area contributed by atoms with Crippen LogP contribution in [0.1, 0.15) is 42.5 Å². The molecule has 7 heteroatoms. The Hall–Kier alpha value is -3.15. The van der Waals surface area contributed by atoms with Gasteiger partial charge in [0.25, 0.3) is 0 Å². The molecule has 3 aromatic carbocycles. The molecule has 2 heterocycles. The van der Waals surface area contributed by atoms with E-state index in [4.69, 9.17) is 32.7 Å². The number of hydrogen-bond donors (Lipinski definition) is 1. The maximum Gasteiger partial charge on any atom is 0.223 e. The van der Waals surface area contributed by atoms with E-state index in [1.54, 1.807) is 19.2 Å². The number of nitrogens with zero attached hydrogens (tertiary/aromatic N) is 1. The minimum absolute atomic E-state index is 0.0562.